The average molecular weight is 286 g/mol. The topological polar surface area (TPSA) is 78.9 Å². The standard InChI is InChI=1S/C14H26N2O4/c1-14(2,10-20-3)15-13(19)16-8-4-5-11(9-16)6-7-12(17)18/h11H,4-10H2,1-3H3,(H,15,19)(H,17,18). The van der Waals surface area contributed by atoms with Crippen molar-refractivity contribution in [2.45, 2.75) is 45.1 Å². The lowest BCUT2D eigenvalue weighted by atomic mass is 9.93. The summed E-state index contributed by atoms with van der Waals surface area (Å²) in [6.45, 7) is 5.66. The maximum absolute atomic E-state index is 12.2. The quantitative estimate of drug-likeness (QED) is 0.779. The highest BCUT2D eigenvalue weighted by atomic mass is 16.5. The summed E-state index contributed by atoms with van der Waals surface area (Å²) in [5, 5.41) is 11.7. The first-order chi connectivity index (χ1) is 9.34. The third-order valence-electron chi connectivity index (χ3n) is 3.52. The molecule has 0 radical (unpaired) electrons. The highest BCUT2D eigenvalue weighted by molar-refractivity contribution is 5.75. The Morgan fingerprint density at radius 2 is 2.15 bits per heavy atom. The number of hydrogen-bond donors (Lipinski definition) is 2. The van der Waals surface area contributed by atoms with Crippen LogP contribution in [-0.2, 0) is 9.53 Å². The third kappa shape index (κ3) is 5.77. The molecule has 6 heteroatoms. The van der Waals surface area contributed by atoms with E-state index >= 15 is 0 Å². The van der Waals surface area contributed by atoms with Gasteiger partial charge in [0.25, 0.3) is 0 Å². The number of carboxylic acid groups (broad SMARTS) is 1. The third-order valence-corrected chi connectivity index (χ3v) is 3.52. The van der Waals surface area contributed by atoms with Crippen molar-refractivity contribution < 1.29 is 19.4 Å². The number of ether oxygens (including phenoxy) is 1. The molecule has 0 aromatic rings. The van der Waals surface area contributed by atoms with Crippen molar-refractivity contribution in [2.75, 3.05) is 26.8 Å². The fourth-order valence-corrected chi connectivity index (χ4v) is 2.58. The van der Waals surface area contributed by atoms with Gasteiger partial charge in [0.05, 0.1) is 12.1 Å². The van der Waals surface area contributed by atoms with E-state index in [2.05, 4.69) is 5.32 Å². The summed E-state index contributed by atoms with van der Waals surface area (Å²) in [5.74, 6) is -0.482. The molecule has 116 valence electrons. The van der Waals surface area contributed by atoms with Crippen LogP contribution in [0.25, 0.3) is 0 Å². The fourth-order valence-electron chi connectivity index (χ4n) is 2.58. The van der Waals surface area contributed by atoms with Crippen molar-refractivity contribution in [2.24, 2.45) is 5.92 Å². The Balaban J connectivity index is 2.45. The predicted octanol–water partition coefficient (Wildman–Crippen LogP) is 1.70. The van der Waals surface area contributed by atoms with Gasteiger partial charge in [-0.1, -0.05) is 0 Å². The zero-order valence-corrected chi connectivity index (χ0v) is 12.6. The van der Waals surface area contributed by atoms with Gasteiger partial charge in [0.15, 0.2) is 0 Å². The molecule has 0 spiro atoms. The van der Waals surface area contributed by atoms with E-state index in [0.717, 1.165) is 19.4 Å². The van der Waals surface area contributed by atoms with Crippen LogP contribution >= 0.6 is 0 Å². The summed E-state index contributed by atoms with van der Waals surface area (Å²) in [7, 11) is 1.61. The summed E-state index contributed by atoms with van der Waals surface area (Å²) in [6, 6.07) is -0.0907. The Hall–Kier alpha value is -1.30. The predicted molar refractivity (Wildman–Crippen MR) is 75.7 cm³/mol. The monoisotopic (exact) mass is 286 g/mol. The number of nitrogens with one attached hydrogen (secondary N) is 1. The molecule has 2 N–H and O–H groups in total. The van der Waals surface area contributed by atoms with Crippen LogP contribution in [0.1, 0.15) is 39.5 Å². The molecule has 2 amide bonds. The van der Waals surface area contributed by atoms with Gasteiger partial charge in [-0.25, -0.2) is 4.79 Å². The summed E-state index contributed by atoms with van der Waals surface area (Å²) in [6.07, 6.45) is 2.75. The second-order valence-corrected chi connectivity index (χ2v) is 6.13. The Kier molecular flexibility index (Phi) is 6.26. The van der Waals surface area contributed by atoms with Crippen LogP contribution in [0.5, 0.6) is 0 Å². The molecule has 1 fully saturated rings. The lowest BCUT2D eigenvalue weighted by Crippen LogP contribution is -2.54. The molecule has 1 aliphatic rings. The van der Waals surface area contributed by atoms with E-state index in [9.17, 15) is 9.59 Å². The summed E-state index contributed by atoms with van der Waals surface area (Å²) in [4.78, 5) is 24.6. The zero-order valence-electron chi connectivity index (χ0n) is 12.6. The van der Waals surface area contributed by atoms with Crippen molar-refractivity contribution in [1.29, 1.82) is 0 Å². The number of amides is 2. The van der Waals surface area contributed by atoms with Crippen LogP contribution in [0.3, 0.4) is 0 Å². The van der Waals surface area contributed by atoms with E-state index in [4.69, 9.17) is 9.84 Å². The molecule has 0 aliphatic carbocycles. The fraction of sp³-hybridized carbons (Fsp3) is 0.857. The first kappa shape index (κ1) is 16.8. The van der Waals surface area contributed by atoms with Crippen molar-refractivity contribution >= 4 is 12.0 Å². The number of carbonyl (C=O) groups excluding carboxylic acids is 1. The Morgan fingerprint density at radius 1 is 1.45 bits per heavy atom. The van der Waals surface area contributed by atoms with Gasteiger partial charge in [-0.3, -0.25) is 4.79 Å². The molecule has 1 rings (SSSR count). The number of nitrogens with zero attached hydrogens (tertiary/aromatic N) is 1. The maximum atomic E-state index is 12.2. The van der Waals surface area contributed by atoms with Crippen molar-refractivity contribution in [3.63, 3.8) is 0 Å². The number of piperidine rings is 1. The molecule has 1 aliphatic heterocycles. The summed E-state index contributed by atoms with van der Waals surface area (Å²) < 4.78 is 5.08. The molecular formula is C14H26N2O4. The number of urea groups is 1. The number of rotatable bonds is 6. The number of methoxy groups -OCH3 is 1. The van der Waals surface area contributed by atoms with E-state index in [1.165, 1.54) is 0 Å². The molecule has 1 heterocycles. The van der Waals surface area contributed by atoms with E-state index in [0.29, 0.717) is 19.6 Å². The van der Waals surface area contributed by atoms with E-state index in [1.807, 2.05) is 13.8 Å². The SMILES string of the molecule is COCC(C)(C)NC(=O)N1CCCC(CCC(=O)O)C1. The Labute approximate surface area is 120 Å². The minimum Gasteiger partial charge on any atom is -0.481 e. The second-order valence-electron chi connectivity index (χ2n) is 6.13. The van der Waals surface area contributed by atoms with Crippen LogP contribution in [0.15, 0.2) is 0 Å². The van der Waals surface area contributed by atoms with Crippen molar-refractivity contribution in [1.82, 2.24) is 10.2 Å². The smallest absolute Gasteiger partial charge is 0.317 e. The Bertz CT molecular complexity index is 344. The van der Waals surface area contributed by atoms with Gasteiger partial charge in [0.1, 0.15) is 0 Å². The summed E-state index contributed by atoms with van der Waals surface area (Å²) in [5.41, 5.74) is -0.403. The van der Waals surface area contributed by atoms with Gasteiger partial charge in [-0.15, -0.1) is 0 Å². The van der Waals surface area contributed by atoms with Crippen LogP contribution < -0.4 is 5.32 Å². The second kappa shape index (κ2) is 7.47. The molecule has 0 saturated carbocycles. The lowest BCUT2D eigenvalue weighted by molar-refractivity contribution is -0.137. The van der Waals surface area contributed by atoms with Gasteiger partial charge < -0.3 is 20.1 Å². The van der Waals surface area contributed by atoms with E-state index < -0.39 is 11.5 Å². The molecule has 1 unspecified atom stereocenters. The minimum absolute atomic E-state index is 0.0907. The molecular weight excluding hydrogens is 260 g/mol. The van der Waals surface area contributed by atoms with Crippen LogP contribution in [0.2, 0.25) is 0 Å². The Morgan fingerprint density at radius 3 is 2.75 bits per heavy atom. The number of likely N-dealkylation sites (tertiary alicyclic amines) is 1. The van der Waals surface area contributed by atoms with Crippen molar-refractivity contribution in [3.8, 4) is 0 Å². The molecule has 20 heavy (non-hydrogen) atoms. The van der Waals surface area contributed by atoms with Crippen molar-refractivity contribution in [3.05, 3.63) is 0 Å². The first-order valence-electron chi connectivity index (χ1n) is 7.12. The van der Waals surface area contributed by atoms with E-state index in [-0.39, 0.29) is 18.4 Å². The van der Waals surface area contributed by atoms with Gasteiger partial charge in [0.2, 0.25) is 0 Å². The molecule has 6 nitrogen and oxygen atoms in total. The maximum Gasteiger partial charge on any atom is 0.317 e. The van der Waals surface area contributed by atoms with Gasteiger partial charge >= 0.3 is 12.0 Å². The molecule has 0 aromatic heterocycles. The number of aliphatic carboxylic acids is 1. The molecule has 0 aromatic carbocycles. The van der Waals surface area contributed by atoms with Crippen LogP contribution in [0, 0.1) is 5.92 Å². The first-order valence-corrected chi connectivity index (χ1v) is 7.12. The number of hydrogen-bond acceptors (Lipinski definition) is 3. The lowest BCUT2D eigenvalue weighted by Gasteiger charge is -2.35. The average Bonchev–Trinajstić information content (AvgIpc) is 2.36. The summed E-state index contributed by atoms with van der Waals surface area (Å²) >= 11 is 0. The number of carbonyl (C=O) groups is 2. The molecule has 1 atom stereocenters. The zero-order chi connectivity index (χ0) is 15.2. The minimum atomic E-state index is -0.771. The van der Waals surface area contributed by atoms with Crippen LogP contribution in [0.4, 0.5) is 4.79 Å². The largest absolute Gasteiger partial charge is 0.481 e. The van der Waals surface area contributed by atoms with Crippen LogP contribution in [-0.4, -0.2) is 54.4 Å². The molecule has 1 saturated heterocycles. The molecule has 0 bridgehead atoms. The van der Waals surface area contributed by atoms with Gasteiger partial charge in [-0.05, 0) is 39.0 Å². The highest BCUT2D eigenvalue weighted by Crippen LogP contribution is 2.21. The normalized spacial score (nSPS) is 19.8. The number of carboxylic acids is 1. The highest BCUT2D eigenvalue weighted by Gasteiger charge is 2.27. The van der Waals surface area contributed by atoms with Gasteiger partial charge in [-0.2, -0.15) is 0 Å². The van der Waals surface area contributed by atoms with E-state index in [1.54, 1.807) is 12.0 Å². The van der Waals surface area contributed by atoms with Gasteiger partial charge in [0, 0.05) is 26.6 Å².